The summed E-state index contributed by atoms with van der Waals surface area (Å²) >= 11 is 0. The van der Waals surface area contributed by atoms with Gasteiger partial charge in [0.2, 0.25) is 11.5 Å². The second kappa shape index (κ2) is 7.93. The van der Waals surface area contributed by atoms with Crippen molar-refractivity contribution in [3.05, 3.63) is 65.4 Å². The number of piperidine rings is 1. The Kier molecular flexibility index (Phi) is 4.84. The van der Waals surface area contributed by atoms with Gasteiger partial charge in [-0.1, -0.05) is 48.5 Å². The molecule has 3 aromatic rings. The number of carboxylic acids is 1. The normalized spacial score (nSPS) is 22.1. The number of amides is 2. The van der Waals surface area contributed by atoms with Crippen LogP contribution in [0.3, 0.4) is 0 Å². The topological polar surface area (TPSA) is 135 Å². The first-order valence-electron chi connectivity index (χ1n) is 11.5. The summed E-state index contributed by atoms with van der Waals surface area (Å²) in [4.78, 5) is 39.0. The lowest BCUT2D eigenvalue weighted by Gasteiger charge is -2.32. The van der Waals surface area contributed by atoms with E-state index in [1.165, 1.54) is 4.90 Å². The first-order valence-corrected chi connectivity index (χ1v) is 11.5. The molecule has 2 N–H and O–H groups in total. The van der Waals surface area contributed by atoms with Crippen molar-refractivity contribution in [2.24, 2.45) is 5.92 Å². The third-order valence-electron chi connectivity index (χ3n) is 7.36. The molecule has 10 heteroatoms. The number of fused-ring (bicyclic) bond motifs is 4. The molecule has 6 rings (SSSR count). The Morgan fingerprint density at radius 2 is 1.77 bits per heavy atom. The number of aliphatic carboxylic acids is 1. The Bertz CT molecular complexity index is 1310. The van der Waals surface area contributed by atoms with Gasteiger partial charge in [-0.2, -0.15) is 0 Å². The standard InChI is InChI=1S/C25H22N4O6/c30-22(29-11-5-6-14-12-25(14,29)23(31)32)20-21(28-35-27-20)26-24(33)34-13-19-17-9-3-1-7-15(17)16-8-2-4-10-18(16)19/h1-4,7-10,14,19H,5-6,11-13H2,(H,31,32)(H,26,28,33)/t14-,25+/m1/s1. The number of anilines is 1. The number of aromatic nitrogens is 2. The molecule has 2 aromatic carbocycles. The van der Waals surface area contributed by atoms with E-state index >= 15 is 0 Å². The molecule has 2 heterocycles. The van der Waals surface area contributed by atoms with Gasteiger partial charge >= 0.3 is 12.1 Å². The van der Waals surface area contributed by atoms with Crippen molar-refractivity contribution >= 4 is 23.8 Å². The highest BCUT2D eigenvalue weighted by Crippen LogP contribution is 2.54. The minimum absolute atomic E-state index is 0.0731. The molecule has 1 aromatic heterocycles. The van der Waals surface area contributed by atoms with Crippen LogP contribution in [-0.4, -0.2) is 57.0 Å². The van der Waals surface area contributed by atoms with E-state index in [4.69, 9.17) is 9.37 Å². The largest absolute Gasteiger partial charge is 0.479 e. The summed E-state index contributed by atoms with van der Waals surface area (Å²) in [5, 5.41) is 19.5. The van der Waals surface area contributed by atoms with E-state index in [1.54, 1.807) is 0 Å². The lowest BCUT2D eigenvalue weighted by Crippen LogP contribution is -2.51. The SMILES string of the molecule is O=C(Nc1nonc1C(=O)N1CCC[C@@H]2C[C@@]21C(=O)O)OCC1c2ccccc2-c2ccccc21. The van der Waals surface area contributed by atoms with Gasteiger partial charge in [0.1, 0.15) is 12.1 Å². The zero-order chi connectivity index (χ0) is 24.2. The summed E-state index contributed by atoms with van der Waals surface area (Å²) in [6.07, 6.45) is 1.06. The highest BCUT2D eigenvalue weighted by molar-refractivity contribution is 6.03. The Morgan fingerprint density at radius 3 is 2.46 bits per heavy atom. The van der Waals surface area contributed by atoms with Crippen LogP contribution in [0.4, 0.5) is 10.6 Å². The zero-order valence-corrected chi connectivity index (χ0v) is 18.6. The van der Waals surface area contributed by atoms with E-state index in [9.17, 15) is 19.5 Å². The van der Waals surface area contributed by atoms with E-state index in [1.807, 2.05) is 48.5 Å². The van der Waals surface area contributed by atoms with E-state index < -0.39 is 23.5 Å². The molecule has 1 saturated carbocycles. The van der Waals surface area contributed by atoms with Crippen molar-refractivity contribution in [1.82, 2.24) is 15.2 Å². The van der Waals surface area contributed by atoms with Crippen molar-refractivity contribution in [3.63, 3.8) is 0 Å². The number of likely N-dealkylation sites (tertiary alicyclic amines) is 1. The van der Waals surface area contributed by atoms with Crippen LogP contribution in [0, 0.1) is 5.92 Å². The van der Waals surface area contributed by atoms with Crippen LogP contribution in [0.2, 0.25) is 0 Å². The number of hydrogen-bond acceptors (Lipinski definition) is 7. The third kappa shape index (κ3) is 3.28. The van der Waals surface area contributed by atoms with Gasteiger partial charge in [-0.15, -0.1) is 0 Å². The van der Waals surface area contributed by atoms with Crippen molar-refractivity contribution in [2.45, 2.75) is 30.7 Å². The lowest BCUT2D eigenvalue weighted by atomic mass is 9.98. The molecule has 2 atom stereocenters. The van der Waals surface area contributed by atoms with E-state index in [0.29, 0.717) is 19.4 Å². The molecule has 35 heavy (non-hydrogen) atoms. The molecular formula is C25H22N4O6. The molecule has 0 spiro atoms. The molecule has 3 aliphatic rings. The van der Waals surface area contributed by atoms with Crippen LogP contribution in [0.5, 0.6) is 0 Å². The summed E-state index contributed by atoms with van der Waals surface area (Å²) in [5.41, 5.74) is 2.91. The minimum Gasteiger partial charge on any atom is -0.479 e. The number of hydrogen-bond donors (Lipinski definition) is 2. The maximum Gasteiger partial charge on any atom is 0.412 e. The van der Waals surface area contributed by atoms with Gasteiger partial charge in [-0.3, -0.25) is 10.1 Å². The van der Waals surface area contributed by atoms with Crippen LogP contribution < -0.4 is 5.32 Å². The second-order valence-corrected chi connectivity index (χ2v) is 9.14. The number of nitrogens with one attached hydrogen (secondary N) is 1. The molecule has 0 radical (unpaired) electrons. The summed E-state index contributed by atoms with van der Waals surface area (Å²) in [5.74, 6) is -2.06. The van der Waals surface area contributed by atoms with Crippen molar-refractivity contribution in [1.29, 1.82) is 0 Å². The smallest absolute Gasteiger partial charge is 0.412 e. The number of carboxylic acid groups (broad SMARTS) is 1. The maximum atomic E-state index is 13.2. The number of carbonyl (C=O) groups is 3. The zero-order valence-electron chi connectivity index (χ0n) is 18.6. The summed E-state index contributed by atoms with van der Waals surface area (Å²) in [7, 11) is 0. The van der Waals surface area contributed by atoms with Gasteiger partial charge < -0.3 is 14.7 Å². The summed E-state index contributed by atoms with van der Waals surface area (Å²) < 4.78 is 10.2. The van der Waals surface area contributed by atoms with Gasteiger partial charge in [0.25, 0.3) is 5.91 Å². The number of ether oxygens (including phenoxy) is 1. The van der Waals surface area contributed by atoms with Crippen LogP contribution in [0.25, 0.3) is 11.1 Å². The molecule has 178 valence electrons. The van der Waals surface area contributed by atoms with Gasteiger partial charge in [-0.25, -0.2) is 14.2 Å². The average molecular weight is 474 g/mol. The quantitative estimate of drug-likeness (QED) is 0.574. The van der Waals surface area contributed by atoms with Gasteiger partial charge in [0.15, 0.2) is 0 Å². The van der Waals surface area contributed by atoms with Gasteiger partial charge in [0, 0.05) is 12.5 Å². The summed E-state index contributed by atoms with van der Waals surface area (Å²) in [6.45, 7) is 0.378. The minimum atomic E-state index is -1.21. The Balaban J connectivity index is 1.16. The molecule has 2 amide bonds. The molecule has 10 nitrogen and oxygen atoms in total. The molecule has 2 fully saturated rings. The molecule has 0 bridgehead atoms. The second-order valence-electron chi connectivity index (χ2n) is 9.14. The fourth-order valence-electron chi connectivity index (χ4n) is 5.61. The van der Waals surface area contributed by atoms with Crippen LogP contribution in [-0.2, 0) is 9.53 Å². The number of benzene rings is 2. The molecule has 0 unspecified atom stereocenters. The first-order chi connectivity index (χ1) is 17.0. The highest BCUT2D eigenvalue weighted by Gasteiger charge is 2.67. The van der Waals surface area contributed by atoms with E-state index in [0.717, 1.165) is 28.7 Å². The monoisotopic (exact) mass is 474 g/mol. The highest BCUT2D eigenvalue weighted by atomic mass is 16.6. The van der Waals surface area contributed by atoms with Gasteiger partial charge in [0.05, 0.1) is 0 Å². The number of rotatable bonds is 5. The molecule has 2 aliphatic carbocycles. The Hall–Kier alpha value is -4.21. The maximum absolute atomic E-state index is 13.2. The predicted molar refractivity (Wildman–Crippen MR) is 122 cm³/mol. The van der Waals surface area contributed by atoms with Crippen molar-refractivity contribution < 1.29 is 28.9 Å². The fourth-order valence-corrected chi connectivity index (χ4v) is 5.61. The predicted octanol–water partition coefficient (Wildman–Crippen LogP) is 3.51. The third-order valence-corrected chi connectivity index (χ3v) is 7.36. The van der Waals surface area contributed by atoms with Gasteiger partial charge in [-0.05, 0) is 57.7 Å². The van der Waals surface area contributed by atoms with Crippen molar-refractivity contribution in [2.75, 3.05) is 18.5 Å². The molecule has 1 aliphatic heterocycles. The number of carbonyl (C=O) groups excluding carboxylic acids is 2. The van der Waals surface area contributed by atoms with Crippen LogP contribution in [0.1, 0.15) is 46.8 Å². The molecular weight excluding hydrogens is 452 g/mol. The van der Waals surface area contributed by atoms with E-state index in [-0.39, 0.29) is 30.0 Å². The van der Waals surface area contributed by atoms with Crippen LogP contribution in [0.15, 0.2) is 53.2 Å². The number of nitrogens with zero attached hydrogens (tertiary/aromatic N) is 3. The van der Waals surface area contributed by atoms with E-state index in [2.05, 4.69) is 15.6 Å². The summed E-state index contributed by atoms with van der Waals surface area (Å²) in [6, 6.07) is 16.0. The Labute approximate surface area is 199 Å². The fraction of sp³-hybridized carbons (Fsp3) is 0.320. The lowest BCUT2D eigenvalue weighted by molar-refractivity contribution is -0.145. The van der Waals surface area contributed by atoms with Crippen LogP contribution >= 0.6 is 0 Å². The van der Waals surface area contributed by atoms with Crippen molar-refractivity contribution in [3.8, 4) is 11.1 Å². The first kappa shape index (κ1) is 21.3. The Morgan fingerprint density at radius 1 is 1.09 bits per heavy atom. The molecule has 1 saturated heterocycles. The average Bonchev–Trinajstić information content (AvgIpc) is 3.34.